The van der Waals surface area contributed by atoms with Gasteiger partial charge in [0.15, 0.2) is 5.13 Å². The summed E-state index contributed by atoms with van der Waals surface area (Å²) in [5.74, 6) is 0.501. The summed E-state index contributed by atoms with van der Waals surface area (Å²) in [6.45, 7) is 0. The lowest BCUT2D eigenvalue weighted by molar-refractivity contribution is 0.400. The summed E-state index contributed by atoms with van der Waals surface area (Å²) in [4.78, 5) is 7.13. The van der Waals surface area contributed by atoms with Crippen molar-refractivity contribution in [3.63, 3.8) is 0 Å². The first-order valence-electron chi connectivity index (χ1n) is 3.58. The largest absolute Gasteiger partial charge is 0.480 e. The maximum Gasteiger partial charge on any atom is 0.236 e. The standard InChI is InChI=1S/C7H11N3OS2/c1-10(2)7-9-6(11-3)4(13-7)5(8)12/h1-3H3,(H2,8,12). The predicted molar refractivity (Wildman–Crippen MR) is 58.9 cm³/mol. The molecule has 0 bridgehead atoms. The van der Waals surface area contributed by atoms with Crippen LogP contribution in [-0.2, 0) is 0 Å². The lowest BCUT2D eigenvalue weighted by atomic mass is 10.5. The minimum atomic E-state index is 0.322. The molecule has 1 aromatic heterocycles. The number of rotatable bonds is 3. The fourth-order valence-electron chi connectivity index (χ4n) is 0.781. The highest BCUT2D eigenvalue weighted by Crippen LogP contribution is 2.29. The van der Waals surface area contributed by atoms with Crippen molar-refractivity contribution in [1.82, 2.24) is 4.98 Å². The number of aromatic nitrogens is 1. The molecule has 2 N–H and O–H groups in total. The maximum atomic E-state index is 5.51. The van der Waals surface area contributed by atoms with Gasteiger partial charge in [-0.05, 0) is 0 Å². The van der Waals surface area contributed by atoms with Crippen LogP contribution in [0.25, 0.3) is 0 Å². The number of hydrogen-bond donors (Lipinski definition) is 1. The molecule has 1 rings (SSSR count). The van der Waals surface area contributed by atoms with E-state index < -0.39 is 0 Å². The van der Waals surface area contributed by atoms with Crippen LogP contribution in [0, 0.1) is 0 Å². The van der Waals surface area contributed by atoms with Crippen LogP contribution in [0.2, 0.25) is 0 Å². The second-order valence-electron chi connectivity index (χ2n) is 2.59. The third kappa shape index (κ3) is 2.07. The molecule has 0 amide bonds. The summed E-state index contributed by atoms with van der Waals surface area (Å²) < 4.78 is 5.04. The maximum absolute atomic E-state index is 5.51. The Hall–Kier alpha value is -0.880. The van der Waals surface area contributed by atoms with Gasteiger partial charge in [0.1, 0.15) is 9.87 Å². The van der Waals surface area contributed by atoms with Gasteiger partial charge >= 0.3 is 0 Å². The zero-order valence-electron chi connectivity index (χ0n) is 7.70. The number of anilines is 1. The molecule has 0 aliphatic carbocycles. The Balaban J connectivity index is 3.11. The Bertz CT molecular complexity index is 322. The zero-order valence-corrected chi connectivity index (χ0v) is 9.33. The lowest BCUT2D eigenvalue weighted by Gasteiger charge is -2.04. The smallest absolute Gasteiger partial charge is 0.236 e. The topological polar surface area (TPSA) is 51.4 Å². The van der Waals surface area contributed by atoms with E-state index in [1.807, 2.05) is 19.0 Å². The minimum absolute atomic E-state index is 0.322. The van der Waals surface area contributed by atoms with Gasteiger partial charge < -0.3 is 15.4 Å². The van der Waals surface area contributed by atoms with Gasteiger partial charge in [-0.15, -0.1) is 0 Å². The number of ether oxygens (including phenoxy) is 1. The molecule has 0 fully saturated rings. The van der Waals surface area contributed by atoms with Crippen molar-refractivity contribution in [3.8, 4) is 5.88 Å². The summed E-state index contributed by atoms with van der Waals surface area (Å²) in [7, 11) is 5.36. The number of nitrogens with zero attached hydrogens (tertiary/aromatic N) is 2. The molecule has 4 nitrogen and oxygen atoms in total. The number of thiazole rings is 1. The first-order valence-corrected chi connectivity index (χ1v) is 4.80. The number of hydrogen-bond acceptors (Lipinski definition) is 5. The van der Waals surface area contributed by atoms with E-state index in [1.165, 1.54) is 11.3 Å². The van der Waals surface area contributed by atoms with E-state index in [0.29, 0.717) is 10.9 Å². The average molecular weight is 217 g/mol. The second kappa shape index (κ2) is 3.89. The zero-order chi connectivity index (χ0) is 10.0. The Morgan fingerprint density at radius 3 is 2.54 bits per heavy atom. The van der Waals surface area contributed by atoms with E-state index in [4.69, 9.17) is 22.7 Å². The summed E-state index contributed by atoms with van der Waals surface area (Å²) >= 11 is 6.29. The molecule has 72 valence electrons. The Morgan fingerprint density at radius 1 is 1.62 bits per heavy atom. The van der Waals surface area contributed by atoms with Gasteiger partial charge in [-0.3, -0.25) is 0 Å². The van der Waals surface area contributed by atoms with Crippen molar-refractivity contribution >= 4 is 33.7 Å². The molecule has 0 atom stereocenters. The summed E-state index contributed by atoms with van der Waals surface area (Å²) in [5.41, 5.74) is 5.51. The molecule has 0 spiro atoms. The number of methoxy groups -OCH3 is 1. The molecule has 0 unspecified atom stereocenters. The van der Waals surface area contributed by atoms with Crippen LogP contribution in [0.15, 0.2) is 0 Å². The summed E-state index contributed by atoms with van der Waals surface area (Å²) in [6, 6.07) is 0. The summed E-state index contributed by atoms with van der Waals surface area (Å²) in [5, 5.41) is 0.833. The van der Waals surface area contributed by atoms with Crippen molar-refractivity contribution in [2.75, 3.05) is 26.1 Å². The van der Waals surface area contributed by atoms with Crippen molar-refractivity contribution < 1.29 is 4.74 Å². The highest BCUT2D eigenvalue weighted by molar-refractivity contribution is 7.81. The van der Waals surface area contributed by atoms with E-state index in [-0.39, 0.29) is 0 Å². The van der Waals surface area contributed by atoms with E-state index in [0.717, 1.165) is 10.0 Å². The highest BCUT2D eigenvalue weighted by Gasteiger charge is 2.14. The number of nitrogens with two attached hydrogens (primary N) is 1. The van der Waals surface area contributed by atoms with Gasteiger partial charge in [-0.2, -0.15) is 4.98 Å². The van der Waals surface area contributed by atoms with E-state index in [2.05, 4.69) is 4.98 Å². The van der Waals surface area contributed by atoms with Crippen LogP contribution < -0.4 is 15.4 Å². The summed E-state index contributed by atoms with van der Waals surface area (Å²) in [6.07, 6.45) is 0. The average Bonchev–Trinajstić information content (AvgIpc) is 2.47. The third-order valence-electron chi connectivity index (χ3n) is 1.38. The van der Waals surface area contributed by atoms with Gasteiger partial charge in [0, 0.05) is 14.1 Å². The Labute approximate surface area is 86.3 Å². The molecule has 0 saturated carbocycles. The molecule has 0 saturated heterocycles. The fraction of sp³-hybridized carbons (Fsp3) is 0.429. The monoisotopic (exact) mass is 217 g/mol. The van der Waals surface area contributed by atoms with Crippen LogP contribution in [0.4, 0.5) is 5.13 Å². The molecule has 13 heavy (non-hydrogen) atoms. The van der Waals surface area contributed by atoms with Crippen LogP contribution >= 0.6 is 23.6 Å². The molecular weight excluding hydrogens is 206 g/mol. The SMILES string of the molecule is COc1nc(N(C)C)sc1C(N)=S. The lowest BCUT2D eigenvalue weighted by Crippen LogP contribution is -2.08. The van der Waals surface area contributed by atoms with Crippen molar-refractivity contribution in [2.45, 2.75) is 0 Å². The Kier molecular flexibility index (Phi) is 3.05. The Morgan fingerprint density at radius 2 is 2.23 bits per heavy atom. The molecule has 1 aromatic rings. The van der Waals surface area contributed by atoms with Crippen molar-refractivity contribution in [3.05, 3.63) is 4.88 Å². The molecule has 0 aromatic carbocycles. The third-order valence-corrected chi connectivity index (χ3v) is 2.96. The number of thiocarbonyl (C=S) groups is 1. The molecule has 0 aliphatic heterocycles. The van der Waals surface area contributed by atoms with Crippen molar-refractivity contribution in [1.29, 1.82) is 0 Å². The van der Waals surface area contributed by atoms with Gasteiger partial charge in [0.05, 0.1) is 7.11 Å². The second-order valence-corrected chi connectivity index (χ2v) is 4.01. The quantitative estimate of drug-likeness (QED) is 0.761. The van der Waals surface area contributed by atoms with Gasteiger partial charge in [-0.25, -0.2) is 0 Å². The molecule has 1 heterocycles. The molecular formula is C7H11N3OS2. The van der Waals surface area contributed by atoms with Crippen LogP contribution in [0.5, 0.6) is 5.88 Å². The first kappa shape index (κ1) is 10.2. The molecule has 6 heteroatoms. The fourth-order valence-corrected chi connectivity index (χ4v) is 1.80. The molecule has 0 radical (unpaired) electrons. The van der Waals surface area contributed by atoms with Crippen LogP contribution in [0.3, 0.4) is 0 Å². The van der Waals surface area contributed by atoms with E-state index in [9.17, 15) is 0 Å². The molecule has 0 aliphatic rings. The first-order chi connectivity index (χ1) is 6.06. The van der Waals surface area contributed by atoms with Gasteiger partial charge in [-0.1, -0.05) is 23.6 Å². The van der Waals surface area contributed by atoms with E-state index >= 15 is 0 Å². The van der Waals surface area contributed by atoms with E-state index in [1.54, 1.807) is 7.11 Å². The normalized spacial score (nSPS) is 9.77. The predicted octanol–water partition coefficient (Wildman–Crippen LogP) is 0.852. The van der Waals surface area contributed by atoms with Crippen molar-refractivity contribution in [2.24, 2.45) is 5.73 Å². The van der Waals surface area contributed by atoms with Gasteiger partial charge in [0.2, 0.25) is 5.88 Å². The van der Waals surface area contributed by atoms with Crippen LogP contribution in [-0.4, -0.2) is 31.2 Å². The van der Waals surface area contributed by atoms with Gasteiger partial charge in [0.25, 0.3) is 0 Å². The highest BCUT2D eigenvalue weighted by atomic mass is 32.1. The minimum Gasteiger partial charge on any atom is -0.480 e. The van der Waals surface area contributed by atoms with Crippen LogP contribution in [0.1, 0.15) is 4.88 Å².